The first kappa shape index (κ1) is 14.4. The third-order valence-corrected chi connectivity index (χ3v) is 3.16. The zero-order valence-electron chi connectivity index (χ0n) is 11.4. The second kappa shape index (κ2) is 7.59. The average Bonchev–Trinajstić information content (AvgIpc) is 2.83. The van der Waals surface area contributed by atoms with Crippen molar-refractivity contribution in [3.05, 3.63) is 12.2 Å². The largest absolute Gasteiger partial charge is 0.348 e. The van der Waals surface area contributed by atoms with Gasteiger partial charge in [-0.1, -0.05) is 0 Å². The highest BCUT2D eigenvalue weighted by molar-refractivity contribution is 6.35. The van der Waals surface area contributed by atoms with Gasteiger partial charge in [0.05, 0.1) is 0 Å². The van der Waals surface area contributed by atoms with E-state index in [1.54, 1.807) is 4.90 Å². The summed E-state index contributed by atoms with van der Waals surface area (Å²) < 4.78 is 0. The molecule has 0 saturated carbocycles. The summed E-state index contributed by atoms with van der Waals surface area (Å²) in [5.41, 5.74) is 0. The molecule has 1 aromatic heterocycles. The van der Waals surface area contributed by atoms with E-state index in [9.17, 15) is 9.59 Å². The van der Waals surface area contributed by atoms with Crippen LogP contribution in [0.3, 0.4) is 0 Å². The van der Waals surface area contributed by atoms with Gasteiger partial charge in [-0.05, 0) is 19.4 Å². The van der Waals surface area contributed by atoms with Crippen LogP contribution in [0.5, 0.6) is 0 Å². The minimum atomic E-state index is -0.524. The van der Waals surface area contributed by atoms with Crippen LogP contribution in [0, 0.1) is 0 Å². The van der Waals surface area contributed by atoms with E-state index < -0.39 is 11.8 Å². The Kier molecular flexibility index (Phi) is 5.48. The number of nitrogens with one attached hydrogen (secondary N) is 3. The number of hydrogen-bond acceptors (Lipinski definition) is 5. The van der Waals surface area contributed by atoms with Gasteiger partial charge in [-0.25, -0.2) is 4.98 Å². The molecule has 1 saturated heterocycles. The van der Waals surface area contributed by atoms with Gasteiger partial charge in [-0.3, -0.25) is 14.7 Å². The fourth-order valence-corrected chi connectivity index (χ4v) is 2.08. The minimum Gasteiger partial charge on any atom is -0.348 e. The predicted octanol–water partition coefficient (Wildman–Crippen LogP) is -1.32. The maximum Gasteiger partial charge on any atom is 0.311 e. The molecule has 1 aromatic rings. The van der Waals surface area contributed by atoms with Crippen molar-refractivity contribution in [1.29, 1.82) is 0 Å². The van der Waals surface area contributed by atoms with Crippen LogP contribution < -0.4 is 10.6 Å². The molecule has 8 heteroatoms. The fraction of sp³-hybridized carbons (Fsp3) is 0.667. The zero-order valence-corrected chi connectivity index (χ0v) is 11.4. The average molecular weight is 280 g/mol. The number of amides is 2. The number of aromatic nitrogens is 3. The molecule has 0 spiro atoms. The Morgan fingerprint density at radius 1 is 1.35 bits per heavy atom. The normalized spacial score (nSPS) is 15.7. The van der Waals surface area contributed by atoms with Crippen LogP contribution >= 0.6 is 0 Å². The molecule has 0 radical (unpaired) electrons. The standard InChI is InChI=1S/C12H20N6O2/c19-11(12(20)18-7-2-4-13-6-8-18)14-5-1-3-10-15-9-16-17-10/h9,13H,1-8H2,(H,14,19)(H,15,16,17). The lowest BCUT2D eigenvalue weighted by atomic mass is 10.3. The van der Waals surface area contributed by atoms with E-state index in [2.05, 4.69) is 25.8 Å². The molecule has 2 rings (SSSR count). The summed E-state index contributed by atoms with van der Waals surface area (Å²) in [6.07, 6.45) is 3.74. The lowest BCUT2D eigenvalue weighted by Crippen LogP contribution is -2.44. The van der Waals surface area contributed by atoms with E-state index in [0.717, 1.165) is 31.8 Å². The van der Waals surface area contributed by atoms with Crippen molar-refractivity contribution in [2.75, 3.05) is 32.7 Å². The summed E-state index contributed by atoms with van der Waals surface area (Å²) in [5.74, 6) is -0.179. The second-order valence-corrected chi connectivity index (χ2v) is 4.69. The number of carbonyl (C=O) groups excluding carboxylic acids is 2. The number of nitrogens with zero attached hydrogens (tertiary/aromatic N) is 3. The molecule has 20 heavy (non-hydrogen) atoms. The summed E-state index contributed by atoms with van der Waals surface area (Å²) in [5, 5.41) is 12.3. The van der Waals surface area contributed by atoms with Gasteiger partial charge >= 0.3 is 11.8 Å². The van der Waals surface area contributed by atoms with Gasteiger partial charge < -0.3 is 15.5 Å². The Bertz CT molecular complexity index is 425. The molecule has 1 fully saturated rings. The molecule has 2 heterocycles. The molecule has 110 valence electrons. The quantitative estimate of drug-likeness (QED) is 0.469. The molecule has 2 amide bonds. The Morgan fingerprint density at radius 2 is 2.25 bits per heavy atom. The van der Waals surface area contributed by atoms with E-state index in [-0.39, 0.29) is 0 Å². The van der Waals surface area contributed by atoms with Crippen molar-refractivity contribution in [1.82, 2.24) is 30.7 Å². The second-order valence-electron chi connectivity index (χ2n) is 4.69. The first-order valence-electron chi connectivity index (χ1n) is 6.89. The lowest BCUT2D eigenvalue weighted by Gasteiger charge is -2.19. The molecule has 0 unspecified atom stereocenters. The Morgan fingerprint density at radius 3 is 3.05 bits per heavy atom. The van der Waals surface area contributed by atoms with Crippen LogP contribution in [0.15, 0.2) is 6.33 Å². The van der Waals surface area contributed by atoms with E-state index in [1.165, 1.54) is 6.33 Å². The van der Waals surface area contributed by atoms with E-state index in [4.69, 9.17) is 0 Å². The van der Waals surface area contributed by atoms with Crippen LogP contribution in [0.1, 0.15) is 18.7 Å². The molecule has 1 aliphatic heterocycles. The number of carbonyl (C=O) groups is 2. The van der Waals surface area contributed by atoms with Crippen molar-refractivity contribution in [2.24, 2.45) is 0 Å². The topological polar surface area (TPSA) is 103 Å². The highest BCUT2D eigenvalue weighted by Gasteiger charge is 2.21. The maximum absolute atomic E-state index is 11.9. The molecule has 3 N–H and O–H groups in total. The maximum atomic E-state index is 11.9. The van der Waals surface area contributed by atoms with Gasteiger partial charge in [-0.2, -0.15) is 5.10 Å². The van der Waals surface area contributed by atoms with Gasteiger partial charge in [-0.15, -0.1) is 0 Å². The summed E-state index contributed by atoms with van der Waals surface area (Å²) >= 11 is 0. The first-order valence-corrected chi connectivity index (χ1v) is 6.89. The van der Waals surface area contributed by atoms with Gasteiger partial charge in [0.15, 0.2) is 0 Å². The molecule has 0 aromatic carbocycles. The van der Waals surface area contributed by atoms with Crippen LogP contribution in [0.25, 0.3) is 0 Å². The number of hydrogen-bond donors (Lipinski definition) is 3. The molecule has 0 bridgehead atoms. The Labute approximate surface area is 117 Å². The predicted molar refractivity (Wildman–Crippen MR) is 71.8 cm³/mol. The highest BCUT2D eigenvalue weighted by atomic mass is 16.2. The van der Waals surface area contributed by atoms with Crippen LogP contribution in [0.4, 0.5) is 0 Å². The Balaban J connectivity index is 1.66. The zero-order chi connectivity index (χ0) is 14.2. The molecular weight excluding hydrogens is 260 g/mol. The fourth-order valence-electron chi connectivity index (χ4n) is 2.08. The monoisotopic (exact) mass is 280 g/mol. The molecular formula is C12H20N6O2. The van der Waals surface area contributed by atoms with Gasteiger partial charge in [0.2, 0.25) is 0 Å². The van der Waals surface area contributed by atoms with E-state index in [0.29, 0.717) is 26.1 Å². The summed E-state index contributed by atoms with van der Waals surface area (Å²) in [7, 11) is 0. The van der Waals surface area contributed by atoms with Crippen molar-refractivity contribution in [3.8, 4) is 0 Å². The van der Waals surface area contributed by atoms with Crippen LogP contribution in [0.2, 0.25) is 0 Å². The molecule has 0 aliphatic carbocycles. The smallest absolute Gasteiger partial charge is 0.311 e. The van der Waals surface area contributed by atoms with Crippen molar-refractivity contribution < 1.29 is 9.59 Å². The summed E-state index contributed by atoms with van der Waals surface area (Å²) in [4.78, 5) is 29.3. The van der Waals surface area contributed by atoms with Gasteiger partial charge in [0, 0.05) is 32.6 Å². The van der Waals surface area contributed by atoms with Gasteiger partial charge in [0.1, 0.15) is 12.2 Å². The number of aryl methyl sites for hydroxylation is 1. The van der Waals surface area contributed by atoms with E-state index in [1.807, 2.05) is 0 Å². The molecule has 0 atom stereocenters. The lowest BCUT2D eigenvalue weighted by molar-refractivity contribution is -0.145. The number of H-pyrrole nitrogens is 1. The third-order valence-electron chi connectivity index (χ3n) is 3.16. The number of rotatable bonds is 4. The van der Waals surface area contributed by atoms with Crippen molar-refractivity contribution in [3.63, 3.8) is 0 Å². The van der Waals surface area contributed by atoms with E-state index >= 15 is 0 Å². The Hall–Kier alpha value is -1.96. The first-order chi connectivity index (χ1) is 9.77. The van der Waals surface area contributed by atoms with Crippen molar-refractivity contribution in [2.45, 2.75) is 19.3 Å². The van der Waals surface area contributed by atoms with Crippen LogP contribution in [-0.2, 0) is 16.0 Å². The molecule has 8 nitrogen and oxygen atoms in total. The van der Waals surface area contributed by atoms with Crippen LogP contribution in [-0.4, -0.2) is 64.6 Å². The van der Waals surface area contributed by atoms with Crippen molar-refractivity contribution >= 4 is 11.8 Å². The summed E-state index contributed by atoms with van der Waals surface area (Å²) in [6, 6.07) is 0. The number of aromatic amines is 1. The third kappa shape index (κ3) is 4.30. The highest BCUT2D eigenvalue weighted by Crippen LogP contribution is 1.97. The summed E-state index contributed by atoms with van der Waals surface area (Å²) in [6.45, 7) is 3.31. The SMILES string of the molecule is O=C(NCCCc1ncn[nH]1)C(=O)N1CCCNCC1. The van der Waals surface area contributed by atoms with Gasteiger partial charge in [0.25, 0.3) is 0 Å². The molecule has 1 aliphatic rings. The minimum absolute atomic E-state index is 0.437.